The molecule has 1 amide bonds. The molecule has 0 atom stereocenters. The number of hydrogen-bond acceptors (Lipinski definition) is 4. The fourth-order valence-electron chi connectivity index (χ4n) is 1.78. The Balaban J connectivity index is 3.05. The molecule has 4 N–H and O–H groups in total. The van der Waals surface area contributed by atoms with Gasteiger partial charge in [0, 0.05) is 17.5 Å². The maximum absolute atomic E-state index is 12.3. The number of amides is 1. The van der Waals surface area contributed by atoms with Crippen molar-refractivity contribution in [3.8, 4) is 11.8 Å². The summed E-state index contributed by atoms with van der Waals surface area (Å²) < 4.78 is 27.0. The second-order valence-electron chi connectivity index (χ2n) is 5.12. The van der Waals surface area contributed by atoms with Gasteiger partial charge >= 0.3 is 0 Å². The van der Waals surface area contributed by atoms with Crippen LogP contribution in [-0.2, 0) is 14.8 Å². The second-order valence-corrected chi connectivity index (χ2v) is 6.80. The number of sulfonamides is 1. The fourth-order valence-corrected chi connectivity index (χ4v) is 3.23. The average molecular weight is 310 g/mol. The molecule has 0 spiro atoms. The van der Waals surface area contributed by atoms with Gasteiger partial charge in [0.1, 0.15) is 6.61 Å². The molecule has 1 rings (SSSR count). The summed E-state index contributed by atoms with van der Waals surface area (Å²) in [7, 11) is -3.80. The minimum atomic E-state index is -3.80. The third-order valence-corrected chi connectivity index (χ3v) is 4.18. The first-order chi connectivity index (χ1) is 9.66. The van der Waals surface area contributed by atoms with Gasteiger partial charge in [0.25, 0.3) is 0 Å². The van der Waals surface area contributed by atoms with E-state index in [1.807, 2.05) is 0 Å². The normalized spacial score (nSPS) is 11.6. The van der Waals surface area contributed by atoms with Gasteiger partial charge in [-0.05, 0) is 32.0 Å². The Morgan fingerprint density at radius 2 is 2.10 bits per heavy atom. The van der Waals surface area contributed by atoms with Gasteiger partial charge in [-0.15, -0.1) is 0 Å². The van der Waals surface area contributed by atoms with Crippen LogP contribution in [0, 0.1) is 11.8 Å². The molecule has 21 heavy (non-hydrogen) atoms. The molecule has 6 nitrogen and oxygen atoms in total. The maximum atomic E-state index is 12.3. The van der Waals surface area contributed by atoms with Crippen molar-refractivity contribution in [3.63, 3.8) is 0 Å². The minimum Gasteiger partial charge on any atom is -0.384 e. The lowest BCUT2D eigenvalue weighted by molar-refractivity contribution is -0.119. The third-order valence-electron chi connectivity index (χ3n) is 2.48. The number of benzene rings is 1. The summed E-state index contributed by atoms with van der Waals surface area (Å²) >= 11 is 0. The molecule has 7 heteroatoms. The molecule has 1 aromatic carbocycles. The van der Waals surface area contributed by atoms with Crippen molar-refractivity contribution in [1.82, 2.24) is 4.72 Å². The van der Waals surface area contributed by atoms with Crippen LogP contribution in [0.1, 0.15) is 25.8 Å². The van der Waals surface area contributed by atoms with Crippen LogP contribution in [0.5, 0.6) is 0 Å². The first-order valence-electron chi connectivity index (χ1n) is 6.18. The van der Waals surface area contributed by atoms with Crippen LogP contribution < -0.4 is 10.5 Å². The molecule has 0 aliphatic rings. The zero-order chi connectivity index (χ0) is 16.1. The van der Waals surface area contributed by atoms with Gasteiger partial charge in [0.2, 0.25) is 15.9 Å². The predicted molar refractivity (Wildman–Crippen MR) is 78.6 cm³/mol. The number of carbonyl (C=O) groups excluding carboxylic acids is 1. The van der Waals surface area contributed by atoms with E-state index < -0.39 is 21.5 Å². The number of rotatable bonds is 5. The quantitative estimate of drug-likeness (QED) is 0.663. The molecule has 0 aromatic heterocycles. The Morgan fingerprint density at radius 1 is 1.43 bits per heavy atom. The van der Waals surface area contributed by atoms with Gasteiger partial charge < -0.3 is 10.8 Å². The average Bonchev–Trinajstić information content (AvgIpc) is 2.33. The highest BCUT2D eigenvalue weighted by atomic mass is 32.2. The minimum absolute atomic E-state index is 0.0322. The number of hydrogen-bond donors (Lipinski definition) is 3. The molecule has 0 aliphatic heterocycles. The molecule has 1 aromatic rings. The van der Waals surface area contributed by atoms with Crippen LogP contribution in [0.4, 0.5) is 0 Å². The molecule has 0 saturated heterocycles. The summed E-state index contributed by atoms with van der Waals surface area (Å²) in [5, 5.41) is 8.65. The van der Waals surface area contributed by atoms with Gasteiger partial charge in [0.15, 0.2) is 0 Å². The highest BCUT2D eigenvalue weighted by Crippen LogP contribution is 2.16. The summed E-state index contributed by atoms with van der Waals surface area (Å²) in [4.78, 5) is 11.0. The van der Waals surface area contributed by atoms with Gasteiger partial charge in [-0.1, -0.05) is 17.9 Å². The first kappa shape index (κ1) is 17.2. The number of nitrogens with one attached hydrogen (secondary N) is 1. The van der Waals surface area contributed by atoms with E-state index in [0.717, 1.165) is 0 Å². The maximum Gasteiger partial charge on any atom is 0.241 e. The summed E-state index contributed by atoms with van der Waals surface area (Å²) in [6.45, 7) is 2.84. The second kappa shape index (κ2) is 6.72. The van der Waals surface area contributed by atoms with Crippen LogP contribution in [-0.4, -0.2) is 31.6 Å². The van der Waals surface area contributed by atoms with E-state index in [9.17, 15) is 13.2 Å². The standard InChI is InChI=1S/C14H18N2O4S/c1-14(2,10-13(15)18)16-21(19,20)12-7-3-5-11(9-12)6-4-8-17/h3,5,7,9,16-17H,8,10H2,1-2H3,(H2,15,18). The van der Waals surface area contributed by atoms with Gasteiger partial charge in [0.05, 0.1) is 4.90 Å². The molecule has 0 fully saturated rings. The molecule has 0 saturated carbocycles. The highest BCUT2D eigenvalue weighted by molar-refractivity contribution is 7.89. The van der Waals surface area contributed by atoms with Crippen molar-refractivity contribution in [3.05, 3.63) is 29.8 Å². The fraction of sp³-hybridized carbons (Fsp3) is 0.357. The van der Waals surface area contributed by atoms with Crippen LogP contribution in [0.2, 0.25) is 0 Å². The Labute approximate surface area is 124 Å². The van der Waals surface area contributed by atoms with Gasteiger partial charge in [-0.25, -0.2) is 13.1 Å². The molecule has 0 heterocycles. The topological polar surface area (TPSA) is 109 Å². The third kappa shape index (κ3) is 5.55. The molecule has 0 aliphatic carbocycles. The molecule has 0 bridgehead atoms. The van der Waals surface area contributed by atoms with Crippen LogP contribution in [0.25, 0.3) is 0 Å². The van der Waals surface area contributed by atoms with E-state index in [1.165, 1.54) is 12.1 Å². The van der Waals surface area contributed by atoms with Crippen LogP contribution >= 0.6 is 0 Å². The van der Waals surface area contributed by atoms with Crippen molar-refractivity contribution in [1.29, 1.82) is 0 Å². The van der Waals surface area contributed by atoms with E-state index >= 15 is 0 Å². The van der Waals surface area contributed by atoms with E-state index in [4.69, 9.17) is 10.8 Å². The van der Waals surface area contributed by atoms with Crippen molar-refractivity contribution < 1.29 is 18.3 Å². The van der Waals surface area contributed by atoms with Crippen molar-refractivity contribution in [2.75, 3.05) is 6.61 Å². The highest BCUT2D eigenvalue weighted by Gasteiger charge is 2.27. The number of primary amides is 1. The number of aliphatic hydroxyl groups is 1. The molecular weight excluding hydrogens is 292 g/mol. The van der Waals surface area contributed by atoms with Gasteiger partial charge in [-0.2, -0.15) is 0 Å². The molecule has 0 radical (unpaired) electrons. The number of aliphatic hydroxyl groups excluding tert-OH is 1. The zero-order valence-electron chi connectivity index (χ0n) is 11.9. The van der Waals surface area contributed by atoms with Gasteiger partial charge in [-0.3, -0.25) is 4.79 Å². The van der Waals surface area contributed by atoms with E-state index in [0.29, 0.717) is 5.56 Å². The lowest BCUT2D eigenvalue weighted by atomic mass is 10.0. The summed E-state index contributed by atoms with van der Waals surface area (Å²) in [5.74, 6) is 4.49. The van der Waals surface area contributed by atoms with Crippen LogP contribution in [0.15, 0.2) is 29.2 Å². The van der Waals surface area contributed by atoms with E-state index in [2.05, 4.69) is 16.6 Å². The lowest BCUT2D eigenvalue weighted by Gasteiger charge is -2.24. The lowest BCUT2D eigenvalue weighted by Crippen LogP contribution is -2.45. The van der Waals surface area contributed by atoms with Crippen molar-refractivity contribution in [2.45, 2.75) is 30.7 Å². The smallest absolute Gasteiger partial charge is 0.241 e. The summed E-state index contributed by atoms with van der Waals surface area (Å²) in [6, 6.07) is 6.01. The predicted octanol–water partition coefficient (Wildman–Crippen LogP) is -0.0373. The SMILES string of the molecule is CC(C)(CC(N)=O)NS(=O)(=O)c1cccc(C#CCO)c1. The molecular formula is C14H18N2O4S. The monoisotopic (exact) mass is 310 g/mol. The Hall–Kier alpha value is -1.88. The summed E-state index contributed by atoms with van der Waals surface area (Å²) in [5.41, 5.74) is 4.58. The number of carbonyl (C=O) groups is 1. The first-order valence-corrected chi connectivity index (χ1v) is 7.67. The number of nitrogens with two attached hydrogens (primary N) is 1. The zero-order valence-corrected chi connectivity index (χ0v) is 12.7. The van der Waals surface area contributed by atoms with Crippen LogP contribution in [0.3, 0.4) is 0 Å². The largest absolute Gasteiger partial charge is 0.384 e. The Kier molecular flexibility index (Phi) is 5.49. The molecule has 114 valence electrons. The van der Waals surface area contributed by atoms with Crippen molar-refractivity contribution in [2.24, 2.45) is 5.73 Å². The Morgan fingerprint density at radius 3 is 2.67 bits per heavy atom. The molecule has 0 unspecified atom stereocenters. The van der Waals surface area contributed by atoms with E-state index in [-0.39, 0.29) is 17.9 Å². The Bertz CT molecular complexity index is 684. The summed E-state index contributed by atoms with van der Waals surface area (Å²) in [6.07, 6.45) is -0.115. The van der Waals surface area contributed by atoms with E-state index in [1.54, 1.807) is 26.0 Å². The van der Waals surface area contributed by atoms with Crippen molar-refractivity contribution >= 4 is 15.9 Å².